The summed E-state index contributed by atoms with van der Waals surface area (Å²) in [5, 5.41) is 19.3. The van der Waals surface area contributed by atoms with Gasteiger partial charge in [-0.25, -0.2) is 19.9 Å². The number of nitrogens with zero attached hydrogens (tertiary/aromatic N) is 6. The quantitative estimate of drug-likeness (QED) is 0.108. The highest BCUT2D eigenvalue weighted by molar-refractivity contribution is 8.00. The van der Waals surface area contributed by atoms with E-state index in [2.05, 4.69) is 40.3 Å². The smallest absolute Gasteiger partial charge is 0.215 e. The summed E-state index contributed by atoms with van der Waals surface area (Å²) in [7, 11) is 0. The third-order valence-electron chi connectivity index (χ3n) is 4.43. The number of thioether (sulfide) groups is 1. The first-order chi connectivity index (χ1) is 17.3. The molecular weight excluding hydrogens is 602 g/mol. The third kappa shape index (κ3) is 6.28. The number of nitrogens with one attached hydrogen (secondary N) is 2. The molecule has 36 heavy (non-hydrogen) atoms. The molecule has 3 aromatic heterocycles. The van der Waals surface area contributed by atoms with Crippen LogP contribution < -0.4 is 0 Å². The minimum Gasteiger partial charge on any atom is -0.258 e. The van der Waals surface area contributed by atoms with Gasteiger partial charge in [0.1, 0.15) is 10.1 Å². The number of halogens is 4. The average molecular weight is 614 g/mol. The Morgan fingerprint density at radius 1 is 0.556 bits per heavy atom. The fourth-order valence-electron chi connectivity index (χ4n) is 2.99. The first-order valence-corrected chi connectivity index (χ1v) is 14.3. The van der Waals surface area contributed by atoms with Crippen LogP contribution in [0.1, 0.15) is 0 Å². The van der Waals surface area contributed by atoms with Crippen molar-refractivity contribution in [3.8, 4) is 22.8 Å². The van der Waals surface area contributed by atoms with E-state index in [9.17, 15) is 0 Å². The maximum absolute atomic E-state index is 6.11. The molecule has 5 aromatic rings. The highest BCUT2D eigenvalue weighted by Gasteiger charge is 2.15. The highest BCUT2D eigenvalue weighted by Crippen LogP contribution is 2.33. The van der Waals surface area contributed by atoms with Crippen molar-refractivity contribution in [3.05, 3.63) is 62.6 Å². The van der Waals surface area contributed by atoms with Gasteiger partial charge in [0.2, 0.25) is 10.3 Å². The largest absolute Gasteiger partial charge is 0.258 e. The SMILES string of the molecule is CSc1nc(Sc2n[nH]c(-c3cc(Cl)cc(Cl)c3)n2)cc(Sc2n[nH]c(-c3cc(Cl)cc(Cl)c3)n2)n1. The predicted molar refractivity (Wildman–Crippen MR) is 146 cm³/mol. The van der Waals surface area contributed by atoms with Crippen LogP contribution in [0, 0.1) is 0 Å². The minimum absolute atomic E-state index is 0.487. The van der Waals surface area contributed by atoms with Crippen LogP contribution >= 0.6 is 81.7 Å². The van der Waals surface area contributed by atoms with Gasteiger partial charge in [0.15, 0.2) is 16.8 Å². The number of hydrogen-bond acceptors (Lipinski definition) is 9. The zero-order valence-electron chi connectivity index (χ0n) is 18.0. The topological polar surface area (TPSA) is 109 Å². The number of aromatic nitrogens is 8. The summed E-state index contributed by atoms with van der Waals surface area (Å²) < 4.78 is 0. The Balaban J connectivity index is 1.36. The summed E-state index contributed by atoms with van der Waals surface area (Å²) in [5.74, 6) is 1.09. The lowest BCUT2D eigenvalue weighted by Crippen LogP contribution is -1.92. The molecule has 2 aromatic carbocycles. The fourth-order valence-corrected chi connectivity index (χ4v) is 6.05. The van der Waals surface area contributed by atoms with E-state index < -0.39 is 0 Å². The van der Waals surface area contributed by atoms with E-state index in [1.54, 1.807) is 36.4 Å². The molecule has 0 unspecified atom stereocenters. The van der Waals surface area contributed by atoms with Gasteiger partial charge in [-0.3, -0.25) is 10.2 Å². The molecule has 0 spiro atoms. The number of hydrogen-bond donors (Lipinski definition) is 2. The molecule has 0 atom stereocenters. The molecule has 2 N–H and O–H groups in total. The van der Waals surface area contributed by atoms with Crippen molar-refractivity contribution < 1.29 is 0 Å². The van der Waals surface area contributed by atoms with E-state index in [1.165, 1.54) is 35.3 Å². The van der Waals surface area contributed by atoms with E-state index in [0.29, 0.717) is 57.3 Å². The molecular formula is C21H12Cl4N8S3. The Hall–Kier alpha value is -1.99. The second-order valence-corrected chi connectivity index (χ2v) is 11.5. The zero-order valence-corrected chi connectivity index (χ0v) is 23.4. The van der Waals surface area contributed by atoms with E-state index in [0.717, 1.165) is 11.1 Å². The number of benzene rings is 2. The normalized spacial score (nSPS) is 11.2. The van der Waals surface area contributed by atoms with Gasteiger partial charge in [0, 0.05) is 37.3 Å². The molecule has 8 nitrogen and oxygen atoms in total. The Morgan fingerprint density at radius 2 is 0.972 bits per heavy atom. The van der Waals surface area contributed by atoms with Gasteiger partial charge in [-0.05, 0) is 66.2 Å². The lowest BCUT2D eigenvalue weighted by Gasteiger charge is -2.03. The summed E-state index contributed by atoms with van der Waals surface area (Å²) in [6.07, 6.45) is 1.90. The molecule has 0 saturated heterocycles. The first kappa shape index (κ1) is 25.7. The monoisotopic (exact) mass is 612 g/mol. The van der Waals surface area contributed by atoms with Gasteiger partial charge in [-0.15, -0.1) is 10.2 Å². The van der Waals surface area contributed by atoms with Crippen LogP contribution in [-0.4, -0.2) is 46.6 Å². The second kappa shape index (κ2) is 11.2. The predicted octanol–water partition coefficient (Wildman–Crippen LogP) is 7.68. The van der Waals surface area contributed by atoms with Gasteiger partial charge in [0.05, 0.1) is 0 Å². The molecule has 0 aliphatic heterocycles. The van der Waals surface area contributed by atoms with Crippen LogP contribution in [0.25, 0.3) is 22.8 Å². The van der Waals surface area contributed by atoms with Crippen molar-refractivity contribution in [2.45, 2.75) is 25.5 Å². The molecule has 182 valence electrons. The average Bonchev–Trinajstić information content (AvgIpc) is 3.47. The Morgan fingerprint density at radius 3 is 1.36 bits per heavy atom. The molecule has 5 rings (SSSR count). The zero-order chi connectivity index (χ0) is 25.2. The summed E-state index contributed by atoms with van der Waals surface area (Å²) in [5.41, 5.74) is 1.47. The van der Waals surface area contributed by atoms with Crippen LogP contribution in [0.2, 0.25) is 20.1 Å². The van der Waals surface area contributed by atoms with Crippen LogP contribution in [-0.2, 0) is 0 Å². The molecule has 0 amide bonds. The van der Waals surface area contributed by atoms with Crippen molar-refractivity contribution in [2.24, 2.45) is 0 Å². The minimum atomic E-state index is 0.487. The Bertz CT molecular complexity index is 1410. The number of H-pyrrole nitrogens is 2. The van der Waals surface area contributed by atoms with E-state index in [4.69, 9.17) is 46.4 Å². The highest BCUT2D eigenvalue weighted by atomic mass is 35.5. The van der Waals surface area contributed by atoms with E-state index in [1.807, 2.05) is 12.3 Å². The van der Waals surface area contributed by atoms with Crippen molar-refractivity contribution in [3.63, 3.8) is 0 Å². The first-order valence-electron chi connectivity index (χ1n) is 9.91. The van der Waals surface area contributed by atoms with Crippen molar-refractivity contribution >= 4 is 81.7 Å². The lowest BCUT2D eigenvalue weighted by molar-refractivity contribution is 0.824. The second-order valence-electron chi connectivity index (χ2n) is 6.98. The van der Waals surface area contributed by atoms with Crippen LogP contribution in [0.3, 0.4) is 0 Å². The summed E-state index contributed by atoms with van der Waals surface area (Å²) in [6.45, 7) is 0. The van der Waals surface area contributed by atoms with Gasteiger partial charge in [-0.1, -0.05) is 58.2 Å². The summed E-state index contributed by atoms with van der Waals surface area (Å²) >= 11 is 28.4. The summed E-state index contributed by atoms with van der Waals surface area (Å²) in [6, 6.07) is 12.2. The van der Waals surface area contributed by atoms with Gasteiger partial charge in [0.25, 0.3) is 0 Å². The Labute approximate surface area is 237 Å². The van der Waals surface area contributed by atoms with Crippen LogP contribution in [0.4, 0.5) is 0 Å². The van der Waals surface area contributed by atoms with Gasteiger partial charge < -0.3 is 0 Å². The molecule has 0 fully saturated rings. The third-order valence-corrected chi connectivity index (χ3v) is 7.42. The van der Waals surface area contributed by atoms with E-state index in [-0.39, 0.29) is 0 Å². The molecule has 0 aliphatic rings. The Kier molecular flexibility index (Phi) is 7.96. The fraction of sp³-hybridized carbons (Fsp3) is 0.0476. The van der Waals surface area contributed by atoms with E-state index >= 15 is 0 Å². The number of rotatable bonds is 7. The molecule has 0 saturated carbocycles. The van der Waals surface area contributed by atoms with Crippen molar-refractivity contribution in [2.75, 3.05) is 6.26 Å². The lowest BCUT2D eigenvalue weighted by atomic mass is 10.2. The van der Waals surface area contributed by atoms with Gasteiger partial charge >= 0.3 is 0 Å². The molecule has 15 heteroatoms. The molecule has 3 heterocycles. The van der Waals surface area contributed by atoms with Crippen LogP contribution in [0.15, 0.2) is 68.0 Å². The standard InChI is InChI=1S/C21H12Cl4N8S3/c1-34-19-26-15(35-20-28-17(30-32-20)9-2-11(22)6-12(23)3-9)8-16(27-19)36-21-29-18(31-33-21)10-4-13(24)7-14(25)5-10/h2-8H,1H3,(H,28,30,32)(H,29,31,33). The van der Waals surface area contributed by atoms with Crippen LogP contribution in [0.5, 0.6) is 0 Å². The van der Waals surface area contributed by atoms with Crippen molar-refractivity contribution in [1.29, 1.82) is 0 Å². The van der Waals surface area contributed by atoms with Crippen molar-refractivity contribution in [1.82, 2.24) is 40.3 Å². The number of aromatic amines is 2. The van der Waals surface area contributed by atoms with Gasteiger partial charge in [-0.2, -0.15) is 0 Å². The maximum atomic E-state index is 6.11. The maximum Gasteiger partial charge on any atom is 0.215 e. The molecule has 0 aliphatic carbocycles. The summed E-state index contributed by atoms with van der Waals surface area (Å²) in [4.78, 5) is 18.2. The molecule has 0 radical (unpaired) electrons. The molecule has 0 bridgehead atoms.